The standard InChI is InChI=1S/C25H28BrIN2O3/c1-3-31-21-13-17(12-20(27)23(21)32-15-16-7-9-18(26)10-8-16)14-28-29-24(30)22-19-6-4-5-11-25(19,22)2/h7-10,12-14,19,22H,3-6,11,15H2,1-2H3,(H,29,30)/b28-14-/t19-,22+,25-/m1/s1. The number of fused-ring (bicyclic) bond motifs is 1. The molecule has 1 amide bonds. The molecule has 2 aliphatic rings. The Morgan fingerprint density at radius 1 is 1.28 bits per heavy atom. The smallest absolute Gasteiger partial charge is 0.244 e. The van der Waals surface area contributed by atoms with Crippen molar-refractivity contribution in [2.75, 3.05) is 6.61 Å². The molecular weight excluding hydrogens is 583 g/mol. The maximum absolute atomic E-state index is 12.6. The van der Waals surface area contributed by atoms with E-state index in [1.807, 2.05) is 43.3 Å². The van der Waals surface area contributed by atoms with E-state index in [0.717, 1.165) is 32.0 Å². The average Bonchev–Trinajstić information content (AvgIpc) is 3.40. The molecule has 2 aliphatic carbocycles. The number of nitrogens with one attached hydrogen (secondary N) is 1. The molecule has 32 heavy (non-hydrogen) atoms. The van der Waals surface area contributed by atoms with Gasteiger partial charge in [-0.05, 0) is 89.1 Å². The number of benzene rings is 2. The van der Waals surface area contributed by atoms with Crippen LogP contribution in [0.25, 0.3) is 0 Å². The zero-order valence-corrected chi connectivity index (χ0v) is 22.1. The molecule has 0 radical (unpaired) electrons. The van der Waals surface area contributed by atoms with Crippen molar-refractivity contribution in [3.8, 4) is 11.5 Å². The van der Waals surface area contributed by atoms with Gasteiger partial charge in [-0.3, -0.25) is 4.79 Å². The second kappa shape index (κ2) is 10.1. The number of nitrogens with zero attached hydrogens (tertiary/aromatic N) is 1. The number of ether oxygens (including phenoxy) is 2. The summed E-state index contributed by atoms with van der Waals surface area (Å²) in [7, 11) is 0. The molecule has 2 aromatic carbocycles. The first-order chi connectivity index (χ1) is 15.4. The van der Waals surface area contributed by atoms with Crippen LogP contribution in [0, 0.1) is 20.8 Å². The maximum Gasteiger partial charge on any atom is 0.244 e. The number of carbonyl (C=O) groups excluding carboxylic acids is 1. The Hall–Kier alpha value is -1.61. The molecular formula is C25H28BrIN2O3. The number of rotatable bonds is 8. The van der Waals surface area contributed by atoms with Gasteiger partial charge in [-0.1, -0.05) is 47.8 Å². The van der Waals surface area contributed by atoms with E-state index in [4.69, 9.17) is 9.47 Å². The van der Waals surface area contributed by atoms with Crippen molar-refractivity contribution in [3.63, 3.8) is 0 Å². The second-order valence-electron chi connectivity index (χ2n) is 8.75. The van der Waals surface area contributed by atoms with Crippen LogP contribution >= 0.6 is 38.5 Å². The molecule has 0 heterocycles. The molecule has 2 aromatic rings. The number of hydrogen-bond donors (Lipinski definition) is 1. The van der Waals surface area contributed by atoms with Crippen LogP contribution in [0.4, 0.5) is 0 Å². The molecule has 170 valence electrons. The summed E-state index contributed by atoms with van der Waals surface area (Å²) in [5.74, 6) is 2.07. The molecule has 0 aromatic heterocycles. The summed E-state index contributed by atoms with van der Waals surface area (Å²) in [6.07, 6.45) is 6.46. The van der Waals surface area contributed by atoms with Gasteiger partial charge in [-0.15, -0.1) is 0 Å². The topological polar surface area (TPSA) is 59.9 Å². The predicted molar refractivity (Wildman–Crippen MR) is 138 cm³/mol. The summed E-state index contributed by atoms with van der Waals surface area (Å²) >= 11 is 5.70. The second-order valence-corrected chi connectivity index (χ2v) is 10.8. The normalized spacial score (nSPS) is 24.1. The van der Waals surface area contributed by atoms with Crippen LogP contribution < -0.4 is 14.9 Å². The molecule has 0 bridgehead atoms. The van der Waals surface area contributed by atoms with Crippen molar-refractivity contribution in [1.82, 2.24) is 5.43 Å². The Morgan fingerprint density at radius 3 is 2.75 bits per heavy atom. The maximum atomic E-state index is 12.6. The quantitative estimate of drug-likeness (QED) is 0.217. The fraction of sp³-hybridized carbons (Fsp3) is 0.440. The Morgan fingerprint density at radius 2 is 2.06 bits per heavy atom. The number of halogens is 2. The Balaban J connectivity index is 1.41. The van der Waals surface area contributed by atoms with E-state index < -0.39 is 0 Å². The fourth-order valence-corrected chi connectivity index (χ4v) is 5.94. The third kappa shape index (κ3) is 5.14. The van der Waals surface area contributed by atoms with Crippen molar-refractivity contribution in [3.05, 3.63) is 55.6 Å². The molecule has 1 N–H and O–H groups in total. The minimum atomic E-state index is 0.0461. The molecule has 0 saturated heterocycles. The zero-order chi connectivity index (χ0) is 22.7. The van der Waals surface area contributed by atoms with Gasteiger partial charge in [0.25, 0.3) is 0 Å². The third-order valence-corrected chi connectivity index (χ3v) is 7.96. The van der Waals surface area contributed by atoms with Crippen molar-refractivity contribution in [2.45, 2.75) is 46.1 Å². The van der Waals surface area contributed by atoms with Gasteiger partial charge in [-0.25, -0.2) is 5.43 Å². The molecule has 7 heteroatoms. The summed E-state index contributed by atoms with van der Waals surface area (Å²) in [4.78, 5) is 12.6. The fourth-order valence-electron chi connectivity index (χ4n) is 4.89. The predicted octanol–water partition coefficient (Wildman–Crippen LogP) is 6.31. The van der Waals surface area contributed by atoms with Gasteiger partial charge in [0, 0.05) is 10.4 Å². The summed E-state index contributed by atoms with van der Waals surface area (Å²) < 4.78 is 13.9. The average molecular weight is 611 g/mol. The molecule has 3 atom stereocenters. The van der Waals surface area contributed by atoms with Crippen LogP contribution in [-0.4, -0.2) is 18.7 Å². The van der Waals surface area contributed by atoms with Gasteiger partial charge in [-0.2, -0.15) is 5.10 Å². The minimum Gasteiger partial charge on any atom is -0.490 e. The molecule has 0 unspecified atom stereocenters. The Labute approximate surface area is 211 Å². The van der Waals surface area contributed by atoms with Gasteiger partial charge >= 0.3 is 0 Å². The highest BCUT2D eigenvalue weighted by Gasteiger charge is 2.64. The van der Waals surface area contributed by atoms with Crippen molar-refractivity contribution in [2.24, 2.45) is 22.4 Å². The number of carbonyl (C=O) groups is 1. The molecule has 0 aliphatic heterocycles. The summed E-state index contributed by atoms with van der Waals surface area (Å²) in [6.45, 7) is 5.18. The highest BCUT2D eigenvalue weighted by atomic mass is 127. The van der Waals surface area contributed by atoms with Crippen molar-refractivity contribution < 1.29 is 14.3 Å². The van der Waals surface area contributed by atoms with Crippen LogP contribution in [0.2, 0.25) is 0 Å². The lowest BCUT2D eigenvalue weighted by Gasteiger charge is -2.15. The first-order valence-electron chi connectivity index (χ1n) is 11.1. The minimum absolute atomic E-state index is 0.0461. The van der Waals surface area contributed by atoms with E-state index in [2.05, 4.69) is 56.0 Å². The monoisotopic (exact) mass is 610 g/mol. The van der Waals surface area contributed by atoms with E-state index in [9.17, 15) is 4.79 Å². The van der Waals surface area contributed by atoms with E-state index in [-0.39, 0.29) is 17.2 Å². The van der Waals surface area contributed by atoms with Crippen LogP contribution in [0.5, 0.6) is 11.5 Å². The molecule has 0 spiro atoms. The Bertz CT molecular complexity index is 1010. The lowest BCUT2D eigenvalue weighted by Crippen LogP contribution is -2.22. The number of amides is 1. The van der Waals surface area contributed by atoms with E-state index in [1.165, 1.54) is 12.8 Å². The largest absolute Gasteiger partial charge is 0.490 e. The molecule has 2 fully saturated rings. The van der Waals surface area contributed by atoms with Crippen LogP contribution in [0.1, 0.15) is 50.7 Å². The van der Waals surface area contributed by atoms with E-state index in [1.54, 1.807) is 6.21 Å². The first-order valence-corrected chi connectivity index (χ1v) is 13.0. The summed E-state index contributed by atoms with van der Waals surface area (Å²) in [5.41, 5.74) is 4.88. The number of hydrazone groups is 1. The van der Waals surface area contributed by atoms with Crippen LogP contribution in [0.3, 0.4) is 0 Å². The molecule has 4 rings (SSSR count). The van der Waals surface area contributed by atoms with E-state index in [0.29, 0.717) is 30.6 Å². The zero-order valence-electron chi connectivity index (χ0n) is 18.4. The van der Waals surface area contributed by atoms with Gasteiger partial charge in [0.05, 0.1) is 16.4 Å². The first kappa shape index (κ1) is 23.5. The SMILES string of the molecule is CCOc1cc(/C=N\NC(=O)[C@@H]2[C@H]3CCCC[C@]32C)cc(I)c1OCc1ccc(Br)cc1. The van der Waals surface area contributed by atoms with Crippen LogP contribution in [-0.2, 0) is 11.4 Å². The molecule has 5 nitrogen and oxygen atoms in total. The van der Waals surface area contributed by atoms with Gasteiger partial charge < -0.3 is 9.47 Å². The highest BCUT2D eigenvalue weighted by Crippen LogP contribution is 2.66. The van der Waals surface area contributed by atoms with Gasteiger partial charge in [0.15, 0.2) is 11.5 Å². The number of hydrogen-bond acceptors (Lipinski definition) is 4. The van der Waals surface area contributed by atoms with Gasteiger partial charge in [0.2, 0.25) is 5.91 Å². The van der Waals surface area contributed by atoms with Gasteiger partial charge in [0.1, 0.15) is 6.61 Å². The van der Waals surface area contributed by atoms with Crippen molar-refractivity contribution >= 4 is 50.6 Å². The summed E-state index contributed by atoms with van der Waals surface area (Å²) in [5, 5.41) is 4.24. The van der Waals surface area contributed by atoms with Crippen LogP contribution in [0.15, 0.2) is 46.0 Å². The summed E-state index contributed by atoms with van der Waals surface area (Å²) in [6, 6.07) is 11.9. The third-order valence-electron chi connectivity index (χ3n) is 6.63. The highest BCUT2D eigenvalue weighted by molar-refractivity contribution is 14.1. The van der Waals surface area contributed by atoms with E-state index >= 15 is 0 Å². The molecule has 2 saturated carbocycles. The lowest BCUT2D eigenvalue weighted by molar-refractivity contribution is -0.123. The van der Waals surface area contributed by atoms with Crippen molar-refractivity contribution in [1.29, 1.82) is 0 Å². The lowest BCUT2D eigenvalue weighted by atomic mass is 9.90. The Kier molecular flexibility index (Phi) is 7.44.